The summed E-state index contributed by atoms with van der Waals surface area (Å²) in [4.78, 5) is 12.1. The first-order valence-electron chi connectivity index (χ1n) is 7.29. The number of ether oxygens (including phenoxy) is 1. The fourth-order valence-corrected chi connectivity index (χ4v) is 2.31. The lowest BCUT2D eigenvalue weighted by molar-refractivity contribution is 0.0950. The molecule has 5 nitrogen and oxygen atoms in total. The molecule has 0 bridgehead atoms. The smallest absolute Gasteiger partial charge is 0.251 e. The van der Waals surface area contributed by atoms with Crippen LogP contribution >= 0.6 is 11.6 Å². The zero-order chi connectivity index (χ0) is 16.9. The van der Waals surface area contributed by atoms with Gasteiger partial charge in [0, 0.05) is 22.2 Å². The van der Waals surface area contributed by atoms with Crippen LogP contribution in [0.3, 0.4) is 0 Å². The van der Waals surface area contributed by atoms with Crippen LogP contribution in [0.15, 0.2) is 59.1 Å². The summed E-state index contributed by atoms with van der Waals surface area (Å²) in [5, 5.41) is 7.36. The number of hydrogen-bond donors (Lipinski definition) is 1. The van der Waals surface area contributed by atoms with Gasteiger partial charge in [-0.3, -0.25) is 4.79 Å². The van der Waals surface area contributed by atoms with Crippen molar-refractivity contribution in [3.63, 3.8) is 0 Å². The van der Waals surface area contributed by atoms with E-state index in [0.29, 0.717) is 22.0 Å². The number of methoxy groups -OCH3 is 1. The van der Waals surface area contributed by atoms with E-state index in [1.807, 2.05) is 24.3 Å². The number of benzene rings is 2. The summed E-state index contributed by atoms with van der Waals surface area (Å²) in [5.41, 5.74) is 2.03. The number of rotatable bonds is 5. The minimum atomic E-state index is -0.197. The monoisotopic (exact) mass is 342 g/mol. The molecule has 24 heavy (non-hydrogen) atoms. The highest BCUT2D eigenvalue weighted by atomic mass is 35.5. The van der Waals surface area contributed by atoms with Crippen molar-refractivity contribution in [2.75, 3.05) is 7.11 Å². The van der Waals surface area contributed by atoms with Crippen LogP contribution in [-0.4, -0.2) is 18.2 Å². The Balaban J connectivity index is 1.65. The lowest BCUT2D eigenvalue weighted by atomic mass is 10.1. The van der Waals surface area contributed by atoms with Gasteiger partial charge in [0.25, 0.3) is 5.91 Å². The van der Waals surface area contributed by atoms with E-state index in [2.05, 4.69) is 10.5 Å². The Labute approximate surface area is 144 Å². The third-order valence-electron chi connectivity index (χ3n) is 3.45. The summed E-state index contributed by atoms with van der Waals surface area (Å²) < 4.78 is 10.5. The number of aromatic nitrogens is 1. The number of carbonyl (C=O) groups excluding carboxylic acids is 1. The Morgan fingerprint density at radius 2 is 2.00 bits per heavy atom. The molecule has 6 heteroatoms. The number of hydrogen-bond acceptors (Lipinski definition) is 4. The lowest BCUT2D eigenvalue weighted by Gasteiger charge is -2.02. The normalized spacial score (nSPS) is 10.4. The zero-order valence-electron chi connectivity index (χ0n) is 13.0. The van der Waals surface area contributed by atoms with E-state index < -0.39 is 0 Å². The molecule has 122 valence electrons. The van der Waals surface area contributed by atoms with Crippen LogP contribution in [0.4, 0.5) is 0 Å². The molecule has 3 rings (SSSR count). The summed E-state index contributed by atoms with van der Waals surface area (Å²) in [5.74, 6) is 1.16. The summed E-state index contributed by atoms with van der Waals surface area (Å²) in [7, 11) is 1.61. The van der Waals surface area contributed by atoms with Crippen molar-refractivity contribution >= 4 is 17.5 Å². The van der Waals surface area contributed by atoms with E-state index >= 15 is 0 Å². The van der Waals surface area contributed by atoms with Gasteiger partial charge in [0.05, 0.1) is 13.7 Å². The standard InChI is InChI=1S/C18H15ClN2O3/c1-23-16-4-2-3-13(9-16)17-10-15(21-24-17)11-20-18(22)12-5-7-14(19)8-6-12/h2-10H,11H2,1H3,(H,20,22). The maximum atomic E-state index is 12.1. The first-order chi connectivity index (χ1) is 11.7. The van der Waals surface area contributed by atoms with Crippen LogP contribution in [0.2, 0.25) is 5.02 Å². The molecule has 2 aromatic carbocycles. The Bertz CT molecular complexity index is 843. The molecule has 1 heterocycles. The highest BCUT2D eigenvalue weighted by Crippen LogP contribution is 2.24. The second-order valence-electron chi connectivity index (χ2n) is 5.10. The van der Waals surface area contributed by atoms with Gasteiger partial charge in [0.2, 0.25) is 0 Å². The molecular weight excluding hydrogens is 328 g/mol. The van der Waals surface area contributed by atoms with E-state index in [-0.39, 0.29) is 12.5 Å². The molecule has 0 saturated carbocycles. The Morgan fingerprint density at radius 3 is 2.75 bits per heavy atom. The fraction of sp³-hybridized carbons (Fsp3) is 0.111. The maximum absolute atomic E-state index is 12.1. The molecule has 1 aromatic heterocycles. The largest absolute Gasteiger partial charge is 0.497 e. The number of carbonyl (C=O) groups is 1. The summed E-state index contributed by atoms with van der Waals surface area (Å²) >= 11 is 5.81. The van der Waals surface area contributed by atoms with E-state index in [1.165, 1.54) is 0 Å². The molecule has 0 aliphatic rings. The van der Waals surface area contributed by atoms with Crippen LogP contribution in [0.25, 0.3) is 11.3 Å². The van der Waals surface area contributed by atoms with Gasteiger partial charge in [-0.05, 0) is 36.4 Å². The SMILES string of the molecule is COc1cccc(-c2cc(CNC(=O)c3ccc(Cl)cc3)no2)c1. The number of amides is 1. The second kappa shape index (κ2) is 7.19. The van der Waals surface area contributed by atoms with Crippen LogP contribution in [0, 0.1) is 0 Å². The van der Waals surface area contributed by atoms with Crippen molar-refractivity contribution in [2.45, 2.75) is 6.54 Å². The molecule has 0 aliphatic heterocycles. The van der Waals surface area contributed by atoms with Crippen LogP contribution < -0.4 is 10.1 Å². The molecule has 0 atom stereocenters. The van der Waals surface area contributed by atoms with Gasteiger partial charge in [-0.2, -0.15) is 0 Å². The van der Waals surface area contributed by atoms with E-state index in [1.54, 1.807) is 37.4 Å². The van der Waals surface area contributed by atoms with Crippen molar-refractivity contribution in [1.29, 1.82) is 0 Å². The van der Waals surface area contributed by atoms with Gasteiger partial charge in [-0.1, -0.05) is 28.9 Å². The van der Waals surface area contributed by atoms with Crippen molar-refractivity contribution < 1.29 is 14.1 Å². The van der Waals surface area contributed by atoms with Gasteiger partial charge in [-0.25, -0.2) is 0 Å². The number of nitrogens with zero attached hydrogens (tertiary/aromatic N) is 1. The molecule has 0 saturated heterocycles. The molecule has 0 fully saturated rings. The van der Waals surface area contributed by atoms with Crippen molar-refractivity contribution in [3.05, 3.63) is 70.9 Å². The predicted octanol–water partition coefficient (Wildman–Crippen LogP) is 3.93. The highest BCUT2D eigenvalue weighted by Gasteiger charge is 2.10. The van der Waals surface area contributed by atoms with Gasteiger partial charge in [-0.15, -0.1) is 0 Å². The van der Waals surface area contributed by atoms with Crippen molar-refractivity contribution in [1.82, 2.24) is 10.5 Å². The molecule has 0 unspecified atom stereocenters. The average Bonchev–Trinajstić information content (AvgIpc) is 3.09. The first kappa shape index (κ1) is 16.1. The number of nitrogens with one attached hydrogen (secondary N) is 1. The van der Waals surface area contributed by atoms with Crippen molar-refractivity contribution in [3.8, 4) is 17.1 Å². The van der Waals surface area contributed by atoms with Gasteiger partial charge < -0.3 is 14.6 Å². The van der Waals surface area contributed by atoms with E-state index in [4.69, 9.17) is 20.9 Å². The van der Waals surface area contributed by atoms with Crippen molar-refractivity contribution in [2.24, 2.45) is 0 Å². The number of halogens is 1. The first-order valence-corrected chi connectivity index (χ1v) is 7.67. The fourth-order valence-electron chi connectivity index (χ4n) is 2.18. The summed E-state index contributed by atoms with van der Waals surface area (Å²) in [6, 6.07) is 16.0. The summed E-state index contributed by atoms with van der Waals surface area (Å²) in [6.45, 7) is 0.273. The van der Waals surface area contributed by atoms with Crippen LogP contribution in [0.5, 0.6) is 5.75 Å². The zero-order valence-corrected chi connectivity index (χ0v) is 13.7. The Kier molecular flexibility index (Phi) is 4.82. The lowest BCUT2D eigenvalue weighted by Crippen LogP contribution is -2.22. The Hall–Kier alpha value is -2.79. The molecular formula is C18H15ClN2O3. The molecule has 1 amide bonds. The maximum Gasteiger partial charge on any atom is 0.251 e. The summed E-state index contributed by atoms with van der Waals surface area (Å²) in [6.07, 6.45) is 0. The topological polar surface area (TPSA) is 64.4 Å². The van der Waals surface area contributed by atoms with E-state index in [0.717, 1.165) is 11.3 Å². The second-order valence-corrected chi connectivity index (χ2v) is 5.54. The molecule has 0 spiro atoms. The minimum absolute atomic E-state index is 0.197. The third kappa shape index (κ3) is 3.75. The van der Waals surface area contributed by atoms with Gasteiger partial charge in [0.15, 0.2) is 5.76 Å². The quantitative estimate of drug-likeness (QED) is 0.763. The van der Waals surface area contributed by atoms with Gasteiger partial charge >= 0.3 is 0 Å². The molecule has 0 radical (unpaired) electrons. The van der Waals surface area contributed by atoms with E-state index in [9.17, 15) is 4.79 Å². The van der Waals surface area contributed by atoms with Gasteiger partial charge in [0.1, 0.15) is 11.4 Å². The average molecular weight is 343 g/mol. The minimum Gasteiger partial charge on any atom is -0.497 e. The van der Waals surface area contributed by atoms with Crippen LogP contribution in [-0.2, 0) is 6.54 Å². The Morgan fingerprint density at radius 1 is 1.21 bits per heavy atom. The molecule has 3 aromatic rings. The third-order valence-corrected chi connectivity index (χ3v) is 3.70. The van der Waals surface area contributed by atoms with Crippen LogP contribution in [0.1, 0.15) is 16.1 Å². The highest BCUT2D eigenvalue weighted by molar-refractivity contribution is 6.30. The molecule has 1 N–H and O–H groups in total. The predicted molar refractivity (Wildman–Crippen MR) is 91.1 cm³/mol. The molecule has 0 aliphatic carbocycles.